The average Bonchev–Trinajstić information content (AvgIpc) is 2.77. The molecule has 108 valence electrons. The molecule has 6 nitrogen and oxygen atoms in total. The first-order valence-corrected chi connectivity index (χ1v) is 7.90. The van der Waals surface area contributed by atoms with E-state index >= 15 is 0 Å². The minimum absolute atomic E-state index is 0.0461. The van der Waals surface area contributed by atoms with Gasteiger partial charge in [-0.05, 0) is 23.8 Å². The van der Waals surface area contributed by atoms with Crippen LogP contribution in [0.4, 0.5) is 5.69 Å². The van der Waals surface area contributed by atoms with Crippen LogP contribution in [0.25, 0.3) is 0 Å². The second-order valence-corrected chi connectivity index (χ2v) is 6.43. The lowest BCUT2D eigenvalue weighted by Crippen LogP contribution is -2.27. The van der Waals surface area contributed by atoms with Crippen LogP contribution >= 0.6 is 0 Å². The van der Waals surface area contributed by atoms with E-state index in [-0.39, 0.29) is 5.75 Å². The zero-order valence-electron chi connectivity index (χ0n) is 11.3. The Hall–Kier alpha value is -1.86. The van der Waals surface area contributed by atoms with Gasteiger partial charge in [0.25, 0.3) is 0 Å². The number of nitrogen functional groups attached to an aromatic ring is 1. The second-order valence-electron chi connectivity index (χ2n) is 4.63. The van der Waals surface area contributed by atoms with Crippen LogP contribution in [0.3, 0.4) is 0 Å². The highest BCUT2D eigenvalue weighted by Gasteiger charge is 2.11. The molecule has 0 aliphatic rings. The van der Waals surface area contributed by atoms with E-state index in [1.165, 1.54) is 0 Å². The Morgan fingerprint density at radius 1 is 1.25 bits per heavy atom. The van der Waals surface area contributed by atoms with Crippen molar-refractivity contribution in [2.24, 2.45) is 7.05 Å². The van der Waals surface area contributed by atoms with Crippen molar-refractivity contribution in [1.29, 1.82) is 0 Å². The molecule has 2 aromatic rings. The Balaban J connectivity index is 1.86. The van der Waals surface area contributed by atoms with Crippen LogP contribution < -0.4 is 10.5 Å². The van der Waals surface area contributed by atoms with Gasteiger partial charge in [0.1, 0.15) is 0 Å². The van der Waals surface area contributed by atoms with Crippen LogP contribution in [0.15, 0.2) is 36.5 Å². The maximum atomic E-state index is 11.9. The van der Waals surface area contributed by atoms with Crippen LogP contribution in [0, 0.1) is 0 Å². The maximum Gasteiger partial charge on any atom is 0.215 e. The molecule has 0 aliphatic heterocycles. The third-order valence-electron chi connectivity index (χ3n) is 2.81. The van der Waals surface area contributed by atoms with E-state index in [9.17, 15) is 8.42 Å². The van der Waals surface area contributed by atoms with Gasteiger partial charge >= 0.3 is 0 Å². The highest BCUT2D eigenvalue weighted by molar-refractivity contribution is 7.88. The van der Waals surface area contributed by atoms with Gasteiger partial charge < -0.3 is 5.73 Å². The van der Waals surface area contributed by atoms with E-state index in [2.05, 4.69) is 9.82 Å². The van der Waals surface area contributed by atoms with Gasteiger partial charge in [0.05, 0.1) is 11.4 Å². The van der Waals surface area contributed by atoms with Gasteiger partial charge in [-0.2, -0.15) is 5.10 Å². The number of hydrogen-bond acceptors (Lipinski definition) is 4. The summed E-state index contributed by atoms with van der Waals surface area (Å²) in [6, 6.07) is 8.69. The highest BCUT2D eigenvalue weighted by Crippen LogP contribution is 2.08. The highest BCUT2D eigenvalue weighted by atomic mass is 32.2. The molecule has 0 saturated heterocycles. The first-order valence-electron chi connectivity index (χ1n) is 6.25. The molecule has 0 spiro atoms. The molecule has 0 atom stereocenters. The molecule has 0 fully saturated rings. The fourth-order valence-electron chi connectivity index (χ4n) is 1.82. The number of nitrogens with two attached hydrogens (primary N) is 1. The van der Waals surface area contributed by atoms with E-state index in [0.29, 0.717) is 24.2 Å². The molecular weight excluding hydrogens is 276 g/mol. The first-order chi connectivity index (χ1) is 9.44. The van der Waals surface area contributed by atoms with Crippen molar-refractivity contribution in [1.82, 2.24) is 14.5 Å². The van der Waals surface area contributed by atoms with Gasteiger partial charge in [-0.25, -0.2) is 13.1 Å². The van der Waals surface area contributed by atoms with Crippen molar-refractivity contribution >= 4 is 15.7 Å². The number of nitrogens with one attached hydrogen (secondary N) is 1. The number of hydrogen-bond donors (Lipinski definition) is 2. The van der Waals surface area contributed by atoms with Gasteiger partial charge in [0, 0.05) is 31.9 Å². The van der Waals surface area contributed by atoms with Crippen LogP contribution in [0.2, 0.25) is 0 Å². The van der Waals surface area contributed by atoms with Gasteiger partial charge in [-0.1, -0.05) is 12.1 Å². The second kappa shape index (κ2) is 6.06. The Bertz CT molecular complexity index is 662. The SMILES string of the molecule is Cn1ccc(CCNS(=O)(=O)Cc2ccc(N)cc2)n1. The number of nitrogens with zero attached hydrogens (tertiary/aromatic N) is 2. The maximum absolute atomic E-state index is 11.9. The van der Waals surface area contributed by atoms with E-state index in [1.807, 2.05) is 19.3 Å². The molecule has 0 saturated carbocycles. The van der Waals surface area contributed by atoms with Crippen molar-refractivity contribution < 1.29 is 8.42 Å². The van der Waals surface area contributed by atoms with Crippen molar-refractivity contribution in [3.63, 3.8) is 0 Å². The van der Waals surface area contributed by atoms with Crippen molar-refractivity contribution in [2.75, 3.05) is 12.3 Å². The van der Waals surface area contributed by atoms with Crippen LogP contribution in [-0.4, -0.2) is 24.7 Å². The predicted octanol–water partition coefficient (Wildman–Crippen LogP) is 0.664. The lowest BCUT2D eigenvalue weighted by Gasteiger charge is -2.06. The fourth-order valence-corrected chi connectivity index (χ4v) is 2.96. The fraction of sp³-hybridized carbons (Fsp3) is 0.308. The van der Waals surface area contributed by atoms with Gasteiger partial charge in [0.15, 0.2) is 0 Å². The van der Waals surface area contributed by atoms with Gasteiger partial charge in [-0.15, -0.1) is 0 Å². The molecule has 20 heavy (non-hydrogen) atoms. The summed E-state index contributed by atoms with van der Waals surface area (Å²) in [5.74, 6) is -0.0461. The van der Waals surface area contributed by atoms with Gasteiger partial charge in [-0.3, -0.25) is 4.68 Å². The lowest BCUT2D eigenvalue weighted by atomic mass is 10.2. The average molecular weight is 294 g/mol. The molecule has 1 aromatic heterocycles. The first kappa shape index (κ1) is 14.5. The summed E-state index contributed by atoms with van der Waals surface area (Å²) >= 11 is 0. The minimum atomic E-state index is -3.34. The molecule has 2 rings (SSSR count). The smallest absolute Gasteiger partial charge is 0.215 e. The molecule has 1 aromatic carbocycles. The number of anilines is 1. The minimum Gasteiger partial charge on any atom is -0.399 e. The Kier molecular flexibility index (Phi) is 4.41. The summed E-state index contributed by atoms with van der Waals surface area (Å²) < 4.78 is 28.1. The Morgan fingerprint density at radius 3 is 2.55 bits per heavy atom. The molecule has 0 amide bonds. The third kappa shape index (κ3) is 4.36. The zero-order valence-corrected chi connectivity index (χ0v) is 12.1. The summed E-state index contributed by atoms with van der Waals surface area (Å²) in [5.41, 5.74) is 7.76. The number of aromatic nitrogens is 2. The van der Waals surface area contributed by atoms with Crippen molar-refractivity contribution in [3.8, 4) is 0 Å². The molecule has 0 radical (unpaired) electrons. The zero-order chi connectivity index (χ0) is 14.6. The quantitative estimate of drug-likeness (QED) is 0.766. The van der Waals surface area contributed by atoms with Gasteiger partial charge in [0.2, 0.25) is 10.0 Å². The summed E-state index contributed by atoms with van der Waals surface area (Å²) in [6.45, 7) is 0.342. The van der Waals surface area contributed by atoms with Crippen LogP contribution in [-0.2, 0) is 29.2 Å². The van der Waals surface area contributed by atoms with E-state index in [4.69, 9.17) is 5.73 Å². The lowest BCUT2D eigenvalue weighted by molar-refractivity contribution is 0.580. The van der Waals surface area contributed by atoms with Crippen LogP contribution in [0.5, 0.6) is 0 Å². The summed E-state index contributed by atoms with van der Waals surface area (Å²) in [6.07, 6.45) is 2.40. The number of benzene rings is 1. The van der Waals surface area contributed by atoms with Crippen molar-refractivity contribution in [3.05, 3.63) is 47.8 Å². The summed E-state index contributed by atoms with van der Waals surface area (Å²) in [5, 5.41) is 4.19. The monoisotopic (exact) mass is 294 g/mol. The largest absolute Gasteiger partial charge is 0.399 e. The van der Waals surface area contributed by atoms with E-state index in [1.54, 1.807) is 28.9 Å². The molecular formula is C13H18N4O2S. The van der Waals surface area contributed by atoms with Crippen LogP contribution in [0.1, 0.15) is 11.3 Å². The summed E-state index contributed by atoms with van der Waals surface area (Å²) in [4.78, 5) is 0. The molecule has 7 heteroatoms. The predicted molar refractivity (Wildman–Crippen MR) is 78.4 cm³/mol. The summed E-state index contributed by atoms with van der Waals surface area (Å²) in [7, 11) is -1.51. The number of aryl methyl sites for hydroxylation is 1. The third-order valence-corrected chi connectivity index (χ3v) is 4.17. The molecule has 0 unspecified atom stereocenters. The normalized spacial score (nSPS) is 11.7. The molecule has 0 bridgehead atoms. The Labute approximate surface area is 118 Å². The number of sulfonamides is 1. The van der Waals surface area contributed by atoms with E-state index < -0.39 is 10.0 Å². The molecule has 1 heterocycles. The topological polar surface area (TPSA) is 90.0 Å². The Morgan fingerprint density at radius 2 is 1.95 bits per heavy atom. The number of rotatable bonds is 6. The molecule has 3 N–H and O–H groups in total. The van der Waals surface area contributed by atoms with E-state index in [0.717, 1.165) is 5.69 Å². The van der Waals surface area contributed by atoms with Crippen molar-refractivity contribution in [2.45, 2.75) is 12.2 Å². The standard InChI is InChI=1S/C13H18N4O2S/c1-17-9-7-13(16-17)6-8-15-20(18,19)10-11-2-4-12(14)5-3-11/h2-5,7,9,15H,6,8,10,14H2,1H3. The molecule has 0 aliphatic carbocycles.